The Hall–Kier alpha value is -2.62. The molecule has 0 saturated heterocycles. The van der Waals surface area contributed by atoms with E-state index in [4.69, 9.17) is 9.47 Å². The van der Waals surface area contributed by atoms with Gasteiger partial charge >= 0.3 is 11.9 Å². The predicted molar refractivity (Wildman–Crippen MR) is 93.5 cm³/mol. The van der Waals surface area contributed by atoms with E-state index in [1.807, 2.05) is 39.8 Å². The quantitative estimate of drug-likeness (QED) is 0.795. The third-order valence-corrected chi connectivity index (χ3v) is 4.67. The van der Waals surface area contributed by atoms with E-state index >= 15 is 0 Å². The monoisotopic (exact) mass is 326 g/mol. The summed E-state index contributed by atoms with van der Waals surface area (Å²) in [6, 6.07) is 7.06. The van der Waals surface area contributed by atoms with Crippen LogP contribution in [0.15, 0.2) is 24.3 Å². The molecule has 0 N–H and O–H groups in total. The largest absolute Gasteiger partial charge is 0.465 e. The highest BCUT2D eigenvalue weighted by Gasteiger charge is 2.22. The molecule has 24 heavy (non-hydrogen) atoms. The summed E-state index contributed by atoms with van der Waals surface area (Å²) < 4.78 is 9.72. The van der Waals surface area contributed by atoms with Crippen molar-refractivity contribution in [3.05, 3.63) is 57.6 Å². The van der Waals surface area contributed by atoms with Crippen molar-refractivity contribution in [2.24, 2.45) is 0 Å². The number of hydrogen-bond donors (Lipinski definition) is 0. The van der Waals surface area contributed by atoms with Crippen molar-refractivity contribution in [2.45, 2.75) is 27.7 Å². The molecule has 0 heterocycles. The van der Waals surface area contributed by atoms with Crippen molar-refractivity contribution in [1.82, 2.24) is 0 Å². The first-order valence-electron chi connectivity index (χ1n) is 7.70. The number of carbonyl (C=O) groups is 2. The van der Waals surface area contributed by atoms with Gasteiger partial charge in [0.15, 0.2) is 0 Å². The van der Waals surface area contributed by atoms with Gasteiger partial charge in [-0.1, -0.05) is 12.1 Å². The molecule has 4 heteroatoms. The Morgan fingerprint density at radius 3 is 1.71 bits per heavy atom. The summed E-state index contributed by atoms with van der Waals surface area (Å²) in [4.78, 5) is 24.0. The molecule has 0 amide bonds. The standard InChI is InChI=1S/C20H22O4/c1-11-12(2)14(4)18(20(22)24-6)17(13(11)3)15-7-9-16(10-8-15)19(21)23-5/h7-10H,1-6H3. The SMILES string of the molecule is COC(=O)c1ccc(-c2c(C)c(C)c(C)c(C)c2C(=O)OC)cc1. The van der Waals surface area contributed by atoms with Gasteiger partial charge in [-0.3, -0.25) is 0 Å². The summed E-state index contributed by atoms with van der Waals surface area (Å²) in [5.74, 6) is -0.742. The predicted octanol–water partition coefficient (Wildman–Crippen LogP) is 4.16. The Labute approximate surface area is 142 Å². The zero-order valence-corrected chi connectivity index (χ0v) is 14.9. The Morgan fingerprint density at radius 2 is 1.21 bits per heavy atom. The van der Waals surface area contributed by atoms with Gasteiger partial charge in [0.25, 0.3) is 0 Å². The highest BCUT2D eigenvalue weighted by molar-refractivity contribution is 6.01. The van der Waals surface area contributed by atoms with E-state index in [9.17, 15) is 9.59 Å². The molecular formula is C20H22O4. The summed E-state index contributed by atoms with van der Waals surface area (Å²) in [5.41, 5.74) is 6.94. The topological polar surface area (TPSA) is 52.6 Å². The fourth-order valence-electron chi connectivity index (χ4n) is 2.92. The van der Waals surface area contributed by atoms with Gasteiger partial charge in [0.1, 0.15) is 0 Å². The molecule has 4 nitrogen and oxygen atoms in total. The molecule has 0 saturated carbocycles. The van der Waals surface area contributed by atoms with Crippen LogP contribution in [0.3, 0.4) is 0 Å². The van der Waals surface area contributed by atoms with E-state index in [2.05, 4.69) is 0 Å². The molecular weight excluding hydrogens is 304 g/mol. The molecule has 0 radical (unpaired) electrons. The maximum absolute atomic E-state index is 12.4. The van der Waals surface area contributed by atoms with Gasteiger partial charge in [0.2, 0.25) is 0 Å². The van der Waals surface area contributed by atoms with Crippen LogP contribution < -0.4 is 0 Å². The zero-order valence-electron chi connectivity index (χ0n) is 14.9. The Balaban J connectivity index is 2.73. The smallest absolute Gasteiger partial charge is 0.338 e. The van der Waals surface area contributed by atoms with Gasteiger partial charge in [-0.05, 0) is 73.2 Å². The molecule has 0 spiro atoms. The average molecular weight is 326 g/mol. The van der Waals surface area contributed by atoms with E-state index in [0.29, 0.717) is 11.1 Å². The van der Waals surface area contributed by atoms with E-state index in [1.54, 1.807) is 12.1 Å². The fourth-order valence-corrected chi connectivity index (χ4v) is 2.92. The van der Waals surface area contributed by atoms with Crippen LogP contribution in [0.4, 0.5) is 0 Å². The van der Waals surface area contributed by atoms with Crippen LogP contribution in [-0.2, 0) is 9.47 Å². The molecule has 2 rings (SSSR count). The number of benzene rings is 2. The van der Waals surface area contributed by atoms with Crippen LogP contribution in [-0.4, -0.2) is 26.2 Å². The van der Waals surface area contributed by atoms with Crippen LogP contribution in [0.2, 0.25) is 0 Å². The van der Waals surface area contributed by atoms with E-state index in [1.165, 1.54) is 14.2 Å². The van der Waals surface area contributed by atoms with Gasteiger partial charge in [-0.2, -0.15) is 0 Å². The molecule has 0 fully saturated rings. The number of rotatable bonds is 3. The summed E-state index contributed by atoms with van der Waals surface area (Å²) >= 11 is 0. The second-order valence-corrected chi connectivity index (χ2v) is 5.81. The Kier molecular flexibility index (Phi) is 5.07. The number of ether oxygens (including phenoxy) is 2. The van der Waals surface area contributed by atoms with Gasteiger partial charge in [0, 0.05) is 0 Å². The third kappa shape index (κ3) is 2.92. The van der Waals surface area contributed by atoms with Gasteiger partial charge in [-0.15, -0.1) is 0 Å². The van der Waals surface area contributed by atoms with E-state index in [-0.39, 0.29) is 11.9 Å². The Bertz CT molecular complexity index is 802. The lowest BCUT2D eigenvalue weighted by Gasteiger charge is -2.20. The molecule has 0 atom stereocenters. The lowest BCUT2D eigenvalue weighted by molar-refractivity contribution is 0.0591. The summed E-state index contributed by atoms with van der Waals surface area (Å²) in [5, 5.41) is 0. The van der Waals surface area contributed by atoms with Crippen molar-refractivity contribution < 1.29 is 19.1 Å². The second kappa shape index (κ2) is 6.87. The van der Waals surface area contributed by atoms with Gasteiger partial charge in [0.05, 0.1) is 25.3 Å². The lowest BCUT2D eigenvalue weighted by Crippen LogP contribution is -2.11. The minimum Gasteiger partial charge on any atom is -0.465 e. The number of hydrogen-bond acceptors (Lipinski definition) is 4. The summed E-state index contributed by atoms with van der Waals surface area (Å²) in [7, 11) is 2.73. The van der Waals surface area contributed by atoms with Crippen LogP contribution >= 0.6 is 0 Å². The highest BCUT2D eigenvalue weighted by atomic mass is 16.5. The van der Waals surface area contributed by atoms with Crippen molar-refractivity contribution in [2.75, 3.05) is 14.2 Å². The first-order chi connectivity index (χ1) is 11.3. The number of methoxy groups -OCH3 is 2. The maximum atomic E-state index is 12.4. The first kappa shape index (κ1) is 17.7. The summed E-state index contributed by atoms with van der Waals surface area (Å²) in [6.45, 7) is 7.98. The number of esters is 2. The Morgan fingerprint density at radius 1 is 0.708 bits per heavy atom. The van der Waals surface area contributed by atoms with Crippen molar-refractivity contribution in [1.29, 1.82) is 0 Å². The molecule has 2 aromatic rings. The molecule has 0 unspecified atom stereocenters. The molecule has 126 valence electrons. The van der Waals surface area contributed by atoms with Crippen LogP contribution in [0, 0.1) is 27.7 Å². The minimum atomic E-state index is -0.386. The molecule has 0 aliphatic carbocycles. The van der Waals surface area contributed by atoms with Gasteiger partial charge < -0.3 is 9.47 Å². The van der Waals surface area contributed by atoms with Crippen molar-refractivity contribution in [3.8, 4) is 11.1 Å². The van der Waals surface area contributed by atoms with Crippen molar-refractivity contribution >= 4 is 11.9 Å². The first-order valence-corrected chi connectivity index (χ1v) is 7.70. The molecule has 0 aromatic heterocycles. The maximum Gasteiger partial charge on any atom is 0.338 e. The van der Waals surface area contributed by atoms with E-state index in [0.717, 1.165) is 33.4 Å². The zero-order chi connectivity index (χ0) is 18.0. The van der Waals surface area contributed by atoms with Crippen LogP contribution in [0.5, 0.6) is 0 Å². The molecule has 2 aromatic carbocycles. The molecule has 0 aliphatic heterocycles. The van der Waals surface area contributed by atoms with Crippen LogP contribution in [0.25, 0.3) is 11.1 Å². The second-order valence-electron chi connectivity index (χ2n) is 5.81. The average Bonchev–Trinajstić information content (AvgIpc) is 2.61. The number of carbonyl (C=O) groups excluding carboxylic acids is 2. The van der Waals surface area contributed by atoms with E-state index < -0.39 is 0 Å². The lowest BCUT2D eigenvalue weighted by atomic mass is 9.85. The fraction of sp³-hybridized carbons (Fsp3) is 0.300. The third-order valence-electron chi connectivity index (χ3n) is 4.67. The highest BCUT2D eigenvalue weighted by Crippen LogP contribution is 2.35. The van der Waals surface area contributed by atoms with Gasteiger partial charge in [-0.25, -0.2) is 9.59 Å². The van der Waals surface area contributed by atoms with Crippen molar-refractivity contribution in [3.63, 3.8) is 0 Å². The van der Waals surface area contributed by atoms with Crippen LogP contribution in [0.1, 0.15) is 43.0 Å². The molecule has 0 bridgehead atoms. The summed E-state index contributed by atoms with van der Waals surface area (Å²) in [6.07, 6.45) is 0. The minimum absolute atomic E-state index is 0.356. The normalized spacial score (nSPS) is 10.4. The molecule has 0 aliphatic rings.